The Hall–Kier alpha value is 0.520. The summed E-state index contributed by atoms with van der Waals surface area (Å²) in [6.45, 7) is 8.71. The van der Waals surface area contributed by atoms with E-state index in [1.807, 2.05) is 0 Å². The third-order valence-corrected chi connectivity index (χ3v) is 5.58. The maximum atomic E-state index is 5.25. The highest BCUT2D eigenvalue weighted by Crippen LogP contribution is 2.32. The van der Waals surface area contributed by atoms with Gasteiger partial charge < -0.3 is 0 Å². The van der Waals surface area contributed by atoms with Crippen LogP contribution in [0.3, 0.4) is 0 Å². The van der Waals surface area contributed by atoms with E-state index in [0.29, 0.717) is 0 Å². The van der Waals surface area contributed by atoms with E-state index in [1.165, 1.54) is 0 Å². The van der Waals surface area contributed by atoms with E-state index in [9.17, 15) is 0 Å². The lowest BCUT2D eigenvalue weighted by Crippen LogP contribution is -1.95. The smallest absolute Gasteiger partial charge is 0.00198 e. The molecule has 49 valence electrons. The van der Waals surface area contributed by atoms with Crippen LogP contribution in [0.1, 0.15) is 27.7 Å². The zero-order valence-corrected chi connectivity index (χ0v) is 7.72. The van der Waals surface area contributed by atoms with Crippen molar-refractivity contribution in [2.75, 3.05) is 0 Å². The SMILES string of the molecule is CC(C)[P](=S)C(C)C. The normalized spacial score (nSPS) is 10.8. The Morgan fingerprint density at radius 2 is 1.25 bits per heavy atom. The van der Waals surface area contributed by atoms with E-state index in [2.05, 4.69) is 27.7 Å². The molecule has 0 saturated heterocycles. The number of rotatable bonds is 2. The number of hydrogen-bond donors (Lipinski definition) is 0. The van der Waals surface area contributed by atoms with Crippen molar-refractivity contribution >= 4 is 18.5 Å². The third-order valence-electron chi connectivity index (χ3n) is 1.02. The average Bonchev–Trinajstić information content (AvgIpc) is 1.64. The quantitative estimate of drug-likeness (QED) is 0.544. The fourth-order valence-electron chi connectivity index (χ4n) is 0.596. The minimum atomic E-state index is -0.115. The fraction of sp³-hybridized carbons (Fsp3) is 1.00. The first-order chi connectivity index (χ1) is 3.55. The third kappa shape index (κ3) is 2.74. The van der Waals surface area contributed by atoms with E-state index in [1.54, 1.807) is 0 Å². The molecule has 0 amide bonds. The van der Waals surface area contributed by atoms with Gasteiger partial charge in [0.15, 0.2) is 0 Å². The van der Waals surface area contributed by atoms with Gasteiger partial charge in [-0.25, -0.2) is 0 Å². The Kier molecular flexibility index (Phi) is 3.76. The molecule has 0 aromatic rings. The molecule has 0 unspecified atom stereocenters. The van der Waals surface area contributed by atoms with Crippen LogP contribution in [0.25, 0.3) is 0 Å². The van der Waals surface area contributed by atoms with E-state index in [4.69, 9.17) is 11.8 Å². The molecule has 2 heteroatoms. The van der Waals surface area contributed by atoms with Gasteiger partial charge in [-0.15, -0.1) is 0 Å². The predicted molar refractivity (Wildman–Crippen MR) is 44.6 cm³/mol. The van der Waals surface area contributed by atoms with E-state index >= 15 is 0 Å². The van der Waals surface area contributed by atoms with Gasteiger partial charge in [-0.2, -0.15) is 0 Å². The Balaban J connectivity index is 3.65. The van der Waals surface area contributed by atoms with Crippen molar-refractivity contribution in [1.82, 2.24) is 0 Å². The summed E-state index contributed by atoms with van der Waals surface area (Å²) in [4.78, 5) is 0. The lowest BCUT2D eigenvalue weighted by molar-refractivity contribution is 1.03. The van der Waals surface area contributed by atoms with Crippen molar-refractivity contribution in [1.29, 1.82) is 0 Å². The minimum Gasteiger partial charge on any atom is -0.0757 e. The van der Waals surface area contributed by atoms with Crippen LogP contribution >= 0.6 is 6.70 Å². The highest BCUT2D eigenvalue weighted by molar-refractivity contribution is 8.05. The van der Waals surface area contributed by atoms with Gasteiger partial charge in [-0.05, 0) is 11.3 Å². The van der Waals surface area contributed by atoms with Crippen LogP contribution in [0.2, 0.25) is 0 Å². The Morgan fingerprint density at radius 3 is 1.25 bits per heavy atom. The summed E-state index contributed by atoms with van der Waals surface area (Å²) in [6, 6.07) is 0. The molecule has 8 heavy (non-hydrogen) atoms. The molecule has 0 heterocycles. The van der Waals surface area contributed by atoms with Gasteiger partial charge in [0, 0.05) is 0 Å². The van der Waals surface area contributed by atoms with Crippen LogP contribution in [-0.2, 0) is 11.8 Å². The Morgan fingerprint density at radius 1 is 1.00 bits per heavy atom. The molecular weight excluding hydrogens is 135 g/mol. The molecule has 0 aliphatic rings. The summed E-state index contributed by atoms with van der Waals surface area (Å²) in [5.74, 6) is 0. The molecule has 0 aromatic heterocycles. The molecule has 0 bridgehead atoms. The van der Waals surface area contributed by atoms with Crippen LogP contribution in [-0.4, -0.2) is 11.3 Å². The largest absolute Gasteiger partial charge is 0.0757 e. The van der Waals surface area contributed by atoms with E-state index in [0.717, 1.165) is 11.3 Å². The second kappa shape index (κ2) is 3.53. The molecular formula is C6H14PS. The first kappa shape index (κ1) is 8.52. The topological polar surface area (TPSA) is 0 Å². The minimum absolute atomic E-state index is 0.115. The summed E-state index contributed by atoms with van der Waals surface area (Å²) >= 11 is 5.25. The molecule has 0 aromatic carbocycles. The highest BCUT2D eigenvalue weighted by Gasteiger charge is 2.03. The molecule has 0 saturated carbocycles. The van der Waals surface area contributed by atoms with Gasteiger partial charge in [0.05, 0.1) is 0 Å². The van der Waals surface area contributed by atoms with E-state index in [-0.39, 0.29) is 6.70 Å². The van der Waals surface area contributed by atoms with Crippen LogP contribution < -0.4 is 0 Å². The standard InChI is InChI=1S/C6H14PS/c1-5(2)7(8)6(3)4/h5-6H,1-4H3. The molecule has 0 N–H and O–H groups in total. The van der Waals surface area contributed by atoms with Crippen LogP contribution in [0.4, 0.5) is 0 Å². The maximum Gasteiger partial charge on any atom is -0.00198 e. The van der Waals surface area contributed by atoms with Gasteiger partial charge in [0.1, 0.15) is 0 Å². The summed E-state index contributed by atoms with van der Waals surface area (Å²) in [7, 11) is 0. The van der Waals surface area contributed by atoms with Gasteiger partial charge in [0.2, 0.25) is 0 Å². The lowest BCUT2D eigenvalue weighted by Gasteiger charge is -2.10. The van der Waals surface area contributed by atoms with Crippen LogP contribution in [0.5, 0.6) is 0 Å². The second-order valence-electron chi connectivity index (χ2n) is 2.55. The predicted octanol–water partition coefficient (Wildman–Crippen LogP) is 2.75. The van der Waals surface area contributed by atoms with Crippen LogP contribution in [0, 0.1) is 0 Å². The van der Waals surface area contributed by atoms with Gasteiger partial charge in [0.25, 0.3) is 0 Å². The van der Waals surface area contributed by atoms with Crippen molar-refractivity contribution in [2.24, 2.45) is 0 Å². The number of hydrogen-bond acceptors (Lipinski definition) is 1. The summed E-state index contributed by atoms with van der Waals surface area (Å²) in [5, 5.41) is 0. The molecule has 0 atom stereocenters. The van der Waals surface area contributed by atoms with Gasteiger partial charge in [-0.3, -0.25) is 0 Å². The summed E-state index contributed by atoms with van der Waals surface area (Å²) < 4.78 is 0. The molecule has 0 fully saturated rings. The van der Waals surface area contributed by atoms with Crippen molar-refractivity contribution in [3.63, 3.8) is 0 Å². The zero-order chi connectivity index (χ0) is 6.73. The monoisotopic (exact) mass is 149 g/mol. The Bertz CT molecular complexity index is 76.5. The summed E-state index contributed by atoms with van der Waals surface area (Å²) in [5.41, 5.74) is 1.44. The maximum absolute atomic E-state index is 5.25. The van der Waals surface area contributed by atoms with E-state index < -0.39 is 0 Å². The van der Waals surface area contributed by atoms with Crippen molar-refractivity contribution in [3.8, 4) is 0 Å². The first-order valence-electron chi connectivity index (χ1n) is 3.01. The molecule has 0 aliphatic heterocycles. The second-order valence-corrected chi connectivity index (χ2v) is 6.60. The Labute approximate surface area is 58.1 Å². The average molecular weight is 149 g/mol. The van der Waals surface area contributed by atoms with Crippen molar-refractivity contribution < 1.29 is 0 Å². The molecule has 0 nitrogen and oxygen atoms in total. The summed E-state index contributed by atoms with van der Waals surface area (Å²) in [6.07, 6.45) is 0. The molecule has 0 spiro atoms. The van der Waals surface area contributed by atoms with Gasteiger partial charge >= 0.3 is 0 Å². The van der Waals surface area contributed by atoms with Crippen molar-refractivity contribution in [3.05, 3.63) is 0 Å². The highest BCUT2D eigenvalue weighted by atomic mass is 32.4. The van der Waals surface area contributed by atoms with Crippen molar-refractivity contribution in [2.45, 2.75) is 39.0 Å². The first-order valence-corrected chi connectivity index (χ1v) is 5.50. The molecule has 0 aliphatic carbocycles. The molecule has 0 rings (SSSR count). The van der Waals surface area contributed by atoms with Crippen LogP contribution in [0.15, 0.2) is 0 Å². The molecule has 1 radical (unpaired) electrons. The van der Waals surface area contributed by atoms with Gasteiger partial charge in [-0.1, -0.05) is 46.2 Å². The fourth-order valence-corrected chi connectivity index (χ4v) is 1.79. The zero-order valence-electron chi connectivity index (χ0n) is 6.01. The lowest BCUT2D eigenvalue weighted by atomic mass is 10.5.